The highest BCUT2D eigenvalue weighted by Gasteiger charge is 1.81. The van der Waals surface area contributed by atoms with Gasteiger partial charge in [0, 0.05) is 26.5 Å². The number of rotatable bonds is 2. The van der Waals surface area contributed by atoms with E-state index in [2.05, 4.69) is 15.9 Å². The summed E-state index contributed by atoms with van der Waals surface area (Å²) in [6.07, 6.45) is 3.06. The van der Waals surface area contributed by atoms with E-state index >= 15 is 0 Å². The molecule has 8 heavy (non-hydrogen) atoms. The summed E-state index contributed by atoms with van der Waals surface area (Å²) < 4.78 is 0.780. The predicted octanol–water partition coefficient (Wildman–Crippen LogP) is 1.43. The molecule has 0 aromatic heterocycles. The molecule has 0 fully saturated rings. The Morgan fingerprint density at radius 3 is 2.25 bits per heavy atom. The lowest BCUT2D eigenvalue weighted by Gasteiger charge is -2.02. The molecule has 0 bridgehead atoms. The molecule has 3 heteroatoms. The summed E-state index contributed by atoms with van der Waals surface area (Å²) in [7, 11) is 3.82. The fraction of sp³-hybridized carbons (Fsp3) is 0.400. The molecule has 0 saturated carbocycles. The molecule has 0 aliphatic rings. The molecular weight excluding hydrogens is 168 g/mol. The zero-order valence-corrected chi connectivity index (χ0v) is 6.57. The summed E-state index contributed by atoms with van der Waals surface area (Å²) in [6, 6.07) is 0. The first-order valence-corrected chi connectivity index (χ1v) is 3.00. The van der Waals surface area contributed by atoms with E-state index in [-0.39, 0.29) is 0 Å². The van der Waals surface area contributed by atoms with Crippen molar-refractivity contribution in [2.24, 2.45) is 0 Å². The van der Waals surface area contributed by atoms with Crippen molar-refractivity contribution in [1.82, 2.24) is 4.90 Å². The quantitative estimate of drug-likeness (QED) is 0.634. The number of nitrogens with zero attached hydrogens (tertiary/aromatic N) is 1. The van der Waals surface area contributed by atoms with Crippen LogP contribution in [-0.4, -0.2) is 25.2 Å². The maximum atomic E-state index is 6.74. The smallest absolute Gasteiger partial charge is 0.0509 e. The third-order valence-electron chi connectivity index (χ3n) is 0.519. The van der Waals surface area contributed by atoms with Crippen LogP contribution in [0.3, 0.4) is 0 Å². The summed E-state index contributed by atoms with van der Waals surface area (Å²) >= 11 is 3.15. The van der Waals surface area contributed by atoms with Gasteiger partial charge in [-0.2, -0.15) is 0 Å². The first-order chi connectivity index (χ1) is 3.66. The van der Waals surface area contributed by atoms with Crippen molar-refractivity contribution in [2.75, 3.05) is 14.1 Å². The van der Waals surface area contributed by atoms with Crippen LogP contribution in [0.15, 0.2) is 10.7 Å². The third kappa shape index (κ3) is 3.87. The second kappa shape index (κ2) is 3.66. The molecule has 0 aliphatic heterocycles. The average molecular weight is 177 g/mol. The maximum absolute atomic E-state index is 6.74. The van der Waals surface area contributed by atoms with Gasteiger partial charge in [-0.3, -0.25) is 0 Å². The Labute approximate surface area is 57.8 Å². The lowest BCUT2D eigenvalue weighted by atomic mass is 10.6. The third-order valence-corrected chi connectivity index (χ3v) is 0.953. The number of allylic oxidation sites excluding steroid dienone is 1. The summed E-state index contributed by atoms with van der Waals surface area (Å²) in [5, 5.41) is 6.74. The molecule has 1 N–H and O–H groups in total. The molecule has 0 amide bonds. The highest BCUT2D eigenvalue weighted by atomic mass is 79.9. The van der Waals surface area contributed by atoms with Crippen LogP contribution in [0.5, 0.6) is 0 Å². The molecule has 0 atom stereocenters. The molecule has 0 radical (unpaired) electrons. The molecule has 0 spiro atoms. The molecular formula is C5H9BrN2. The zero-order valence-electron chi connectivity index (χ0n) is 4.98. The monoisotopic (exact) mass is 176 g/mol. The van der Waals surface area contributed by atoms with E-state index in [1.54, 1.807) is 0 Å². The highest BCUT2D eigenvalue weighted by molar-refractivity contribution is 9.12. The standard InChI is InChI=1S/C5H9BrN2/c1-8(2)4-5(6)3-7/h3-4,7H,1-2H3/b5-4+,7-3?. The minimum absolute atomic E-state index is 0.780. The Bertz CT molecular complexity index is 107. The van der Waals surface area contributed by atoms with Crippen LogP contribution < -0.4 is 0 Å². The Kier molecular flexibility index (Phi) is 3.52. The van der Waals surface area contributed by atoms with Crippen molar-refractivity contribution in [3.05, 3.63) is 10.7 Å². The lowest BCUT2D eigenvalue weighted by molar-refractivity contribution is 0.564. The fourth-order valence-corrected chi connectivity index (χ4v) is 0.693. The van der Waals surface area contributed by atoms with Gasteiger partial charge in [-0.1, -0.05) is 0 Å². The molecule has 0 saturated heterocycles. The van der Waals surface area contributed by atoms with Gasteiger partial charge in [0.2, 0.25) is 0 Å². The zero-order chi connectivity index (χ0) is 6.57. The van der Waals surface area contributed by atoms with E-state index in [4.69, 9.17) is 5.41 Å². The van der Waals surface area contributed by atoms with Gasteiger partial charge in [0.1, 0.15) is 0 Å². The van der Waals surface area contributed by atoms with Gasteiger partial charge in [-0.25, -0.2) is 0 Å². The molecule has 0 aromatic carbocycles. The second-order valence-corrected chi connectivity index (χ2v) is 2.54. The normalized spacial score (nSPS) is 11.1. The van der Waals surface area contributed by atoms with E-state index in [9.17, 15) is 0 Å². The van der Waals surface area contributed by atoms with Crippen LogP contribution >= 0.6 is 15.9 Å². The van der Waals surface area contributed by atoms with E-state index in [1.807, 2.05) is 25.2 Å². The minimum Gasteiger partial charge on any atom is -0.383 e. The largest absolute Gasteiger partial charge is 0.383 e. The molecule has 0 aliphatic carbocycles. The molecule has 46 valence electrons. The van der Waals surface area contributed by atoms with E-state index < -0.39 is 0 Å². The van der Waals surface area contributed by atoms with E-state index in [0.717, 1.165) is 4.48 Å². The molecule has 2 nitrogen and oxygen atoms in total. The minimum atomic E-state index is 0.780. The van der Waals surface area contributed by atoms with Crippen molar-refractivity contribution in [3.63, 3.8) is 0 Å². The van der Waals surface area contributed by atoms with Crippen LogP contribution in [0.4, 0.5) is 0 Å². The molecule has 0 heterocycles. The van der Waals surface area contributed by atoms with E-state index in [1.165, 1.54) is 6.21 Å². The summed E-state index contributed by atoms with van der Waals surface area (Å²) in [6.45, 7) is 0. The first kappa shape index (κ1) is 7.69. The van der Waals surface area contributed by atoms with Gasteiger partial charge >= 0.3 is 0 Å². The van der Waals surface area contributed by atoms with Gasteiger partial charge in [0.05, 0.1) is 4.48 Å². The topological polar surface area (TPSA) is 27.1 Å². The fourth-order valence-electron chi connectivity index (χ4n) is 0.284. The van der Waals surface area contributed by atoms with Crippen LogP contribution in [0, 0.1) is 5.41 Å². The van der Waals surface area contributed by atoms with Gasteiger partial charge in [-0.05, 0) is 15.9 Å². The van der Waals surface area contributed by atoms with E-state index in [0.29, 0.717) is 0 Å². The Morgan fingerprint density at radius 2 is 2.12 bits per heavy atom. The van der Waals surface area contributed by atoms with Gasteiger partial charge in [-0.15, -0.1) is 0 Å². The number of halogens is 1. The van der Waals surface area contributed by atoms with Crippen LogP contribution in [0.2, 0.25) is 0 Å². The molecule has 0 rings (SSSR count). The lowest BCUT2D eigenvalue weighted by Crippen LogP contribution is -2.01. The first-order valence-electron chi connectivity index (χ1n) is 2.21. The van der Waals surface area contributed by atoms with Crippen molar-refractivity contribution in [1.29, 1.82) is 5.41 Å². The molecule has 0 unspecified atom stereocenters. The van der Waals surface area contributed by atoms with Crippen molar-refractivity contribution in [2.45, 2.75) is 0 Å². The van der Waals surface area contributed by atoms with Gasteiger partial charge in [0.15, 0.2) is 0 Å². The number of hydrogen-bond donors (Lipinski definition) is 1. The summed E-state index contributed by atoms with van der Waals surface area (Å²) in [4.78, 5) is 1.87. The predicted molar refractivity (Wildman–Crippen MR) is 39.5 cm³/mol. The number of nitrogens with one attached hydrogen (secondary N) is 1. The van der Waals surface area contributed by atoms with Crippen molar-refractivity contribution in [3.8, 4) is 0 Å². The van der Waals surface area contributed by atoms with Crippen LogP contribution in [0.25, 0.3) is 0 Å². The SMILES string of the molecule is CN(C)/C=C(/Br)C=N. The van der Waals surface area contributed by atoms with Gasteiger partial charge < -0.3 is 10.3 Å². The Hall–Kier alpha value is -0.310. The average Bonchev–Trinajstić information content (AvgIpc) is 1.65. The Morgan fingerprint density at radius 1 is 1.62 bits per heavy atom. The second-order valence-electron chi connectivity index (χ2n) is 1.62. The van der Waals surface area contributed by atoms with Crippen molar-refractivity contribution < 1.29 is 0 Å². The maximum Gasteiger partial charge on any atom is 0.0509 e. The Balaban J connectivity index is 3.74. The van der Waals surface area contributed by atoms with Gasteiger partial charge in [0.25, 0.3) is 0 Å². The summed E-state index contributed by atoms with van der Waals surface area (Å²) in [5.74, 6) is 0. The van der Waals surface area contributed by atoms with Crippen LogP contribution in [-0.2, 0) is 0 Å². The number of hydrogen-bond acceptors (Lipinski definition) is 2. The highest BCUT2D eigenvalue weighted by Crippen LogP contribution is 1.99. The van der Waals surface area contributed by atoms with Crippen LogP contribution in [0.1, 0.15) is 0 Å². The molecule has 0 aromatic rings. The summed E-state index contributed by atoms with van der Waals surface area (Å²) in [5.41, 5.74) is 0. The van der Waals surface area contributed by atoms with Crippen molar-refractivity contribution >= 4 is 22.1 Å².